The van der Waals surface area contributed by atoms with E-state index in [-0.39, 0.29) is 16.6 Å². The van der Waals surface area contributed by atoms with Crippen LogP contribution in [0.2, 0.25) is 0 Å². The minimum atomic E-state index is -4.94. The molecule has 0 atom stereocenters. The van der Waals surface area contributed by atoms with Gasteiger partial charge in [-0.3, -0.25) is 10.1 Å². The summed E-state index contributed by atoms with van der Waals surface area (Å²) in [5, 5.41) is 10.9. The van der Waals surface area contributed by atoms with Crippen LogP contribution in [0, 0.1) is 21.7 Å². The zero-order valence-corrected chi connectivity index (χ0v) is 12.4. The summed E-state index contributed by atoms with van der Waals surface area (Å²) in [6, 6.07) is 3.69. The van der Waals surface area contributed by atoms with Gasteiger partial charge in [-0.15, -0.1) is 0 Å². The molecule has 0 heterocycles. The zero-order chi connectivity index (χ0) is 17.4. The second-order valence-electron chi connectivity index (χ2n) is 4.21. The number of alkyl halides is 3. The minimum absolute atomic E-state index is 0.00500. The van der Waals surface area contributed by atoms with E-state index in [0.29, 0.717) is 0 Å². The van der Waals surface area contributed by atoms with Gasteiger partial charge in [0, 0.05) is 6.07 Å². The van der Waals surface area contributed by atoms with Crippen molar-refractivity contribution in [2.45, 2.75) is 6.18 Å². The first kappa shape index (κ1) is 17.1. The number of hydrogen-bond acceptors (Lipinski definition) is 3. The van der Waals surface area contributed by atoms with Crippen molar-refractivity contribution in [2.75, 3.05) is 0 Å². The summed E-state index contributed by atoms with van der Waals surface area (Å²) in [6.45, 7) is 0. The first-order valence-corrected chi connectivity index (χ1v) is 6.57. The summed E-state index contributed by atoms with van der Waals surface area (Å²) in [5.74, 6) is -4.98. The number of nitrogens with zero attached hydrogens (tertiary/aromatic N) is 1. The number of benzene rings is 2. The fourth-order valence-corrected chi connectivity index (χ4v) is 2.10. The fourth-order valence-electron chi connectivity index (χ4n) is 1.67. The Morgan fingerprint density at radius 2 is 1.65 bits per heavy atom. The Hall–Kier alpha value is -2.23. The lowest BCUT2D eigenvalue weighted by molar-refractivity contribution is -0.385. The second kappa shape index (κ2) is 6.11. The Bertz CT molecular complexity index is 756. The van der Waals surface area contributed by atoms with Gasteiger partial charge in [-0.25, -0.2) is 8.78 Å². The van der Waals surface area contributed by atoms with Gasteiger partial charge in [0.25, 0.3) is 0 Å². The monoisotopic (exact) mass is 397 g/mol. The van der Waals surface area contributed by atoms with Crippen molar-refractivity contribution >= 4 is 21.6 Å². The van der Waals surface area contributed by atoms with E-state index < -0.39 is 45.5 Å². The minimum Gasteiger partial charge on any atom is -0.443 e. The van der Waals surface area contributed by atoms with Crippen molar-refractivity contribution in [3.05, 3.63) is 62.1 Å². The number of halogens is 6. The van der Waals surface area contributed by atoms with E-state index in [2.05, 4.69) is 15.9 Å². The van der Waals surface area contributed by atoms with Gasteiger partial charge in [0.05, 0.1) is 15.0 Å². The molecule has 0 amide bonds. The molecule has 0 aliphatic carbocycles. The second-order valence-corrected chi connectivity index (χ2v) is 5.07. The SMILES string of the molecule is O=[N+]([O-])c1cccc(Br)c1Oc1c(F)cc(C(F)(F)F)cc1F. The number of nitro benzene ring substituents is 1. The molecule has 122 valence electrons. The van der Waals surface area contributed by atoms with Gasteiger partial charge in [-0.1, -0.05) is 6.07 Å². The van der Waals surface area contributed by atoms with Crippen molar-refractivity contribution < 1.29 is 31.6 Å². The number of para-hydroxylation sites is 1. The molecule has 2 aromatic rings. The van der Waals surface area contributed by atoms with Crippen molar-refractivity contribution in [3.8, 4) is 11.5 Å². The largest absolute Gasteiger partial charge is 0.443 e. The molecule has 0 bridgehead atoms. The zero-order valence-electron chi connectivity index (χ0n) is 10.8. The Labute approximate surface area is 133 Å². The fraction of sp³-hybridized carbons (Fsp3) is 0.0769. The highest BCUT2D eigenvalue weighted by Gasteiger charge is 2.33. The van der Waals surface area contributed by atoms with Gasteiger partial charge < -0.3 is 4.74 Å². The van der Waals surface area contributed by atoms with E-state index in [0.717, 1.165) is 6.07 Å². The maximum Gasteiger partial charge on any atom is 0.416 e. The van der Waals surface area contributed by atoms with Gasteiger partial charge in [-0.05, 0) is 34.1 Å². The molecule has 2 aromatic carbocycles. The lowest BCUT2D eigenvalue weighted by atomic mass is 10.2. The summed E-state index contributed by atoms with van der Waals surface area (Å²) in [5.41, 5.74) is -2.15. The van der Waals surface area contributed by atoms with Crippen LogP contribution in [0.1, 0.15) is 5.56 Å². The molecule has 0 radical (unpaired) electrons. The maximum absolute atomic E-state index is 13.7. The average molecular weight is 398 g/mol. The molecule has 0 fully saturated rings. The van der Waals surface area contributed by atoms with Crippen LogP contribution in [0.15, 0.2) is 34.8 Å². The highest BCUT2D eigenvalue weighted by atomic mass is 79.9. The Morgan fingerprint density at radius 1 is 1.09 bits per heavy atom. The number of rotatable bonds is 3. The van der Waals surface area contributed by atoms with E-state index >= 15 is 0 Å². The number of hydrogen-bond donors (Lipinski definition) is 0. The van der Waals surface area contributed by atoms with E-state index in [4.69, 9.17) is 4.74 Å². The van der Waals surface area contributed by atoms with E-state index in [1.54, 1.807) is 0 Å². The van der Waals surface area contributed by atoms with Crippen LogP contribution in [0.3, 0.4) is 0 Å². The van der Waals surface area contributed by atoms with Crippen LogP contribution in [-0.2, 0) is 6.18 Å². The standard InChI is InChI=1S/C13H5BrF5NO3/c14-7-2-1-3-10(20(21)22)11(7)23-12-8(15)4-6(5-9(12)16)13(17,18)19/h1-5H. The molecule has 2 rings (SSSR count). The topological polar surface area (TPSA) is 52.4 Å². The van der Waals surface area contributed by atoms with Crippen LogP contribution < -0.4 is 4.74 Å². The molecule has 0 aromatic heterocycles. The first-order chi connectivity index (χ1) is 10.6. The van der Waals surface area contributed by atoms with Gasteiger partial charge >= 0.3 is 11.9 Å². The van der Waals surface area contributed by atoms with Crippen molar-refractivity contribution in [3.63, 3.8) is 0 Å². The molecule has 4 nitrogen and oxygen atoms in total. The molecule has 23 heavy (non-hydrogen) atoms. The highest BCUT2D eigenvalue weighted by Crippen LogP contribution is 2.41. The molecule has 0 spiro atoms. The van der Waals surface area contributed by atoms with Crippen LogP contribution in [-0.4, -0.2) is 4.92 Å². The third kappa shape index (κ3) is 3.58. The van der Waals surface area contributed by atoms with E-state index in [1.165, 1.54) is 12.1 Å². The third-order valence-corrected chi connectivity index (χ3v) is 3.30. The summed E-state index contributed by atoms with van der Waals surface area (Å²) < 4.78 is 69.7. The highest BCUT2D eigenvalue weighted by molar-refractivity contribution is 9.10. The van der Waals surface area contributed by atoms with E-state index in [1.807, 2.05) is 0 Å². The molecule has 0 aliphatic rings. The lowest BCUT2D eigenvalue weighted by Gasteiger charge is -2.12. The summed E-state index contributed by atoms with van der Waals surface area (Å²) in [6.07, 6.45) is -4.94. The smallest absolute Gasteiger partial charge is 0.416 e. The normalized spacial score (nSPS) is 11.4. The van der Waals surface area contributed by atoms with Crippen molar-refractivity contribution in [2.24, 2.45) is 0 Å². The van der Waals surface area contributed by atoms with Crippen LogP contribution in [0.25, 0.3) is 0 Å². The molecule has 0 saturated heterocycles. The Morgan fingerprint density at radius 3 is 2.13 bits per heavy atom. The molecule has 0 saturated carbocycles. The summed E-state index contributed by atoms with van der Waals surface area (Å²) in [7, 11) is 0. The molecule has 0 N–H and O–H groups in total. The number of nitro groups is 1. The Kier molecular flexibility index (Phi) is 4.55. The van der Waals surface area contributed by atoms with Gasteiger partial charge in [-0.2, -0.15) is 13.2 Å². The molecule has 0 aliphatic heterocycles. The third-order valence-electron chi connectivity index (χ3n) is 2.67. The van der Waals surface area contributed by atoms with Gasteiger partial charge in [0.1, 0.15) is 0 Å². The quantitative estimate of drug-likeness (QED) is 0.393. The predicted octanol–water partition coefficient (Wildman–Crippen LogP) is 5.45. The molecular formula is C13H5BrF5NO3. The molecular weight excluding hydrogens is 393 g/mol. The first-order valence-electron chi connectivity index (χ1n) is 5.78. The maximum atomic E-state index is 13.7. The Balaban J connectivity index is 2.53. The molecule has 0 unspecified atom stereocenters. The average Bonchev–Trinajstić information content (AvgIpc) is 2.42. The van der Waals surface area contributed by atoms with Crippen molar-refractivity contribution in [1.29, 1.82) is 0 Å². The van der Waals surface area contributed by atoms with Crippen LogP contribution in [0.5, 0.6) is 11.5 Å². The summed E-state index contributed by atoms with van der Waals surface area (Å²) >= 11 is 2.91. The van der Waals surface area contributed by atoms with Gasteiger partial charge in [0.15, 0.2) is 17.4 Å². The van der Waals surface area contributed by atoms with Crippen molar-refractivity contribution in [1.82, 2.24) is 0 Å². The van der Waals surface area contributed by atoms with E-state index in [9.17, 15) is 32.1 Å². The van der Waals surface area contributed by atoms with Crippen LogP contribution >= 0.6 is 15.9 Å². The van der Waals surface area contributed by atoms with Gasteiger partial charge in [0.2, 0.25) is 5.75 Å². The van der Waals surface area contributed by atoms with Crippen LogP contribution in [0.4, 0.5) is 27.6 Å². The molecule has 10 heteroatoms. The predicted molar refractivity (Wildman–Crippen MR) is 72.2 cm³/mol. The number of ether oxygens (including phenoxy) is 1. The summed E-state index contributed by atoms with van der Waals surface area (Å²) in [4.78, 5) is 10.0. The lowest BCUT2D eigenvalue weighted by Crippen LogP contribution is -2.07.